The van der Waals surface area contributed by atoms with Crippen molar-refractivity contribution in [2.75, 3.05) is 24.8 Å². The summed E-state index contributed by atoms with van der Waals surface area (Å²) in [5, 5.41) is 3.84. The highest BCUT2D eigenvalue weighted by Crippen LogP contribution is 2.60. The van der Waals surface area contributed by atoms with Gasteiger partial charge in [0.05, 0.1) is 28.9 Å². The third-order valence-corrected chi connectivity index (χ3v) is 15.2. The molecular weight excluding hydrogens is 681 g/mol. The molecule has 1 unspecified atom stereocenters. The zero-order valence-electron chi connectivity index (χ0n) is 38.7. The van der Waals surface area contributed by atoms with E-state index >= 15 is 0 Å². The van der Waals surface area contributed by atoms with E-state index < -0.39 is 0 Å². The van der Waals surface area contributed by atoms with E-state index in [2.05, 4.69) is 132 Å². The monoisotopic (exact) mass is 763 g/mol. The third-order valence-electron chi connectivity index (χ3n) is 14.3. The summed E-state index contributed by atoms with van der Waals surface area (Å²) >= 11 is 1.65. The fraction of sp³-hybridized carbons (Fsp3) is 0.837. The average molecular weight is 763 g/mol. The van der Waals surface area contributed by atoms with Gasteiger partial charge >= 0.3 is 5.97 Å². The van der Waals surface area contributed by atoms with E-state index in [0.717, 1.165) is 35.1 Å². The molecule has 2 fully saturated rings. The number of anilines is 1. The summed E-state index contributed by atoms with van der Waals surface area (Å²) < 4.78 is 6.92. The van der Waals surface area contributed by atoms with Gasteiger partial charge in [-0.15, -0.1) is 11.8 Å². The average Bonchev–Trinajstić information content (AvgIpc) is 2.98. The highest BCUT2D eigenvalue weighted by atomic mass is 32.2. The molecule has 308 valence electrons. The Morgan fingerprint density at radius 3 is 1.51 bits per heavy atom. The van der Waals surface area contributed by atoms with E-state index in [9.17, 15) is 9.59 Å². The van der Waals surface area contributed by atoms with Gasteiger partial charge in [-0.2, -0.15) is 0 Å². The second-order valence-corrected chi connectivity index (χ2v) is 21.0. The largest absolute Gasteiger partial charge is 0.463 e. The van der Waals surface area contributed by atoms with Crippen LogP contribution in [0.3, 0.4) is 0 Å². The first-order chi connectivity index (χ1) is 23.5. The maximum absolute atomic E-state index is 12.7. The molecule has 2 aliphatic rings. The zero-order valence-corrected chi connectivity index (χ0v) is 39.5. The SMILES string of the molecule is CCOC(=O)C(C)=C(SC)N1C(C)(C)C(C)(C)CC(C)(C)C1(C)C.CNC(C)N.Cc1c(N2C(C)(C)C(C)(C)CC(C)(C)C2(C)C)nc(C)n(C)c1=O. The lowest BCUT2D eigenvalue weighted by Gasteiger charge is -2.68. The number of aromatic nitrogens is 2. The summed E-state index contributed by atoms with van der Waals surface area (Å²) in [6.45, 7) is 46.9. The van der Waals surface area contributed by atoms with E-state index in [0.29, 0.717) is 12.2 Å². The van der Waals surface area contributed by atoms with Gasteiger partial charge in [0, 0.05) is 29.2 Å². The maximum atomic E-state index is 12.7. The fourth-order valence-corrected chi connectivity index (χ4v) is 9.51. The Kier molecular flexibility index (Phi) is 15.0. The molecule has 0 radical (unpaired) electrons. The Balaban J connectivity index is 0.000000470. The van der Waals surface area contributed by atoms with Crippen LogP contribution in [0, 0.1) is 35.5 Å². The number of ether oxygens (including phenoxy) is 1. The Morgan fingerprint density at radius 2 is 1.19 bits per heavy atom. The Labute approximate surface area is 330 Å². The molecule has 3 rings (SSSR count). The Morgan fingerprint density at radius 1 is 0.830 bits per heavy atom. The number of hydrogen-bond acceptors (Lipinski definition) is 9. The van der Waals surface area contributed by atoms with E-state index in [1.807, 2.05) is 41.7 Å². The van der Waals surface area contributed by atoms with Crippen LogP contribution < -0.4 is 21.5 Å². The molecular formula is C43H82N6O3S. The van der Waals surface area contributed by atoms with Crippen molar-refractivity contribution in [3.63, 3.8) is 0 Å². The number of likely N-dealkylation sites (tertiary alicyclic amines) is 1. The van der Waals surface area contributed by atoms with Crippen LogP contribution >= 0.6 is 11.8 Å². The first kappa shape index (κ1) is 49.0. The molecule has 2 saturated heterocycles. The number of nitrogens with zero attached hydrogens (tertiary/aromatic N) is 4. The number of rotatable bonds is 6. The predicted octanol–water partition coefficient (Wildman–Crippen LogP) is 9.19. The number of carbonyl (C=O) groups is 1. The molecule has 1 aromatic rings. The molecule has 0 amide bonds. The lowest BCUT2D eigenvalue weighted by Crippen LogP contribution is -2.72. The second kappa shape index (κ2) is 16.2. The van der Waals surface area contributed by atoms with E-state index in [4.69, 9.17) is 15.5 Å². The minimum atomic E-state index is -0.213. The standard InChI is InChI=1S/C20H35N3O.C20H37NO2S.C3H10N2/c1-13-15(21-14(2)22(11)16(13)24)23-19(7,8)17(3,4)12-18(5,6)20(23,9)10;1-12-23-16(22)14(2)15(24-11)21-19(7,8)17(3,4)13-18(5,6)20(21,9)10;1-3(4)5-2/h12H2,1-11H3;12-13H2,1-11H3;3,5H,4H2,1-2H3. The van der Waals surface area contributed by atoms with Gasteiger partial charge in [0.25, 0.3) is 5.56 Å². The molecule has 1 atom stereocenters. The lowest BCUT2D eigenvalue weighted by molar-refractivity contribution is -0.147. The summed E-state index contributed by atoms with van der Waals surface area (Å²) in [7, 11) is 3.62. The molecule has 9 nitrogen and oxygen atoms in total. The van der Waals surface area contributed by atoms with Crippen molar-refractivity contribution in [1.29, 1.82) is 0 Å². The quantitative estimate of drug-likeness (QED) is 0.167. The highest BCUT2D eigenvalue weighted by Gasteiger charge is 2.61. The maximum Gasteiger partial charge on any atom is 0.336 e. The fourth-order valence-electron chi connectivity index (χ4n) is 8.48. The first-order valence-electron chi connectivity index (χ1n) is 19.5. The topological polar surface area (TPSA) is 106 Å². The predicted molar refractivity (Wildman–Crippen MR) is 230 cm³/mol. The number of piperidine rings is 2. The van der Waals surface area contributed by atoms with Crippen LogP contribution in [0.2, 0.25) is 0 Å². The van der Waals surface area contributed by atoms with Gasteiger partial charge in [-0.05, 0) is 138 Å². The molecule has 0 bridgehead atoms. The van der Waals surface area contributed by atoms with Crippen molar-refractivity contribution < 1.29 is 9.53 Å². The van der Waals surface area contributed by atoms with Gasteiger partial charge in [-0.1, -0.05) is 55.4 Å². The van der Waals surface area contributed by atoms with E-state index in [1.54, 1.807) is 23.4 Å². The molecule has 0 aliphatic carbocycles. The Bertz CT molecular complexity index is 1490. The van der Waals surface area contributed by atoms with Crippen molar-refractivity contribution in [2.24, 2.45) is 34.4 Å². The lowest BCUT2D eigenvalue weighted by atomic mass is 9.54. The van der Waals surface area contributed by atoms with Gasteiger partial charge in [0.2, 0.25) is 0 Å². The minimum Gasteiger partial charge on any atom is -0.463 e. The summed E-state index contributed by atoms with van der Waals surface area (Å²) in [5.41, 5.74) is 6.66. The number of nitrogens with two attached hydrogens (primary N) is 1. The molecule has 53 heavy (non-hydrogen) atoms. The molecule has 0 aromatic carbocycles. The van der Waals surface area contributed by atoms with Gasteiger partial charge in [0.15, 0.2) is 0 Å². The molecule has 2 aliphatic heterocycles. The molecule has 0 saturated carbocycles. The second-order valence-electron chi connectivity index (χ2n) is 20.2. The number of thioether (sulfide) groups is 1. The minimum absolute atomic E-state index is 0.0466. The van der Waals surface area contributed by atoms with Gasteiger partial charge in [-0.25, -0.2) is 9.78 Å². The van der Waals surface area contributed by atoms with Crippen molar-refractivity contribution in [3.8, 4) is 0 Å². The van der Waals surface area contributed by atoms with Crippen LogP contribution in [0.4, 0.5) is 5.82 Å². The number of nitrogens with one attached hydrogen (secondary N) is 1. The number of hydrogen-bond donors (Lipinski definition) is 2. The Hall–Kier alpha value is -2.04. The molecule has 1 aromatic heterocycles. The van der Waals surface area contributed by atoms with E-state index in [1.165, 1.54) is 0 Å². The summed E-state index contributed by atoms with van der Waals surface area (Å²) in [5.74, 6) is 1.38. The molecule has 3 heterocycles. The number of esters is 1. The van der Waals surface area contributed by atoms with Crippen LogP contribution in [-0.2, 0) is 16.6 Å². The molecule has 0 spiro atoms. The van der Waals surface area contributed by atoms with Crippen LogP contribution in [-0.4, -0.2) is 68.7 Å². The van der Waals surface area contributed by atoms with E-state index in [-0.39, 0.29) is 61.5 Å². The third kappa shape index (κ3) is 9.01. The first-order valence-corrected chi connectivity index (χ1v) is 20.7. The summed E-state index contributed by atoms with van der Waals surface area (Å²) in [4.78, 5) is 34.9. The van der Waals surface area contributed by atoms with Crippen LogP contribution in [0.5, 0.6) is 0 Å². The molecule has 10 heteroatoms. The van der Waals surface area contributed by atoms with Crippen molar-refractivity contribution in [2.45, 2.75) is 187 Å². The van der Waals surface area contributed by atoms with Gasteiger partial charge in [-0.3, -0.25) is 9.36 Å². The van der Waals surface area contributed by atoms with Crippen molar-refractivity contribution >= 4 is 23.5 Å². The van der Waals surface area contributed by atoms with Gasteiger partial charge < -0.3 is 25.6 Å². The van der Waals surface area contributed by atoms with Crippen LogP contribution in [0.15, 0.2) is 15.4 Å². The van der Waals surface area contributed by atoms with Crippen molar-refractivity contribution in [3.05, 3.63) is 32.3 Å². The smallest absolute Gasteiger partial charge is 0.336 e. The highest BCUT2D eigenvalue weighted by molar-refractivity contribution is 8.02. The normalized spacial score (nSPS) is 23.6. The number of aryl methyl sites for hydroxylation is 1. The number of carbonyl (C=O) groups excluding carboxylic acids is 1. The van der Waals surface area contributed by atoms with Crippen LogP contribution in [0.25, 0.3) is 0 Å². The van der Waals surface area contributed by atoms with Crippen molar-refractivity contribution in [1.82, 2.24) is 19.8 Å². The summed E-state index contributed by atoms with van der Waals surface area (Å²) in [6, 6.07) is 0. The van der Waals surface area contributed by atoms with Crippen LogP contribution in [0.1, 0.15) is 156 Å². The summed E-state index contributed by atoms with van der Waals surface area (Å²) in [6.07, 6.45) is 4.45. The molecule has 3 N–H and O–H groups in total. The van der Waals surface area contributed by atoms with Gasteiger partial charge in [0.1, 0.15) is 11.6 Å². The zero-order chi connectivity index (χ0) is 42.3.